The summed E-state index contributed by atoms with van der Waals surface area (Å²) in [6, 6.07) is 0.961. The molecule has 0 aromatic heterocycles. The molecule has 3 aliphatic rings. The minimum Gasteiger partial charge on any atom is -0.354 e. The van der Waals surface area contributed by atoms with Crippen LogP contribution in [0.2, 0.25) is 0 Å². The van der Waals surface area contributed by atoms with Crippen molar-refractivity contribution in [3.63, 3.8) is 0 Å². The highest BCUT2D eigenvalue weighted by atomic mass is 16.2. The van der Waals surface area contributed by atoms with Crippen LogP contribution in [0.4, 0.5) is 0 Å². The van der Waals surface area contributed by atoms with Gasteiger partial charge in [-0.3, -0.25) is 4.79 Å². The molecule has 4 nitrogen and oxygen atoms in total. The summed E-state index contributed by atoms with van der Waals surface area (Å²) in [5.74, 6) is 0.897. The van der Waals surface area contributed by atoms with Gasteiger partial charge in [-0.1, -0.05) is 0 Å². The van der Waals surface area contributed by atoms with Crippen LogP contribution in [0, 0.1) is 5.92 Å². The van der Waals surface area contributed by atoms with E-state index >= 15 is 0 Å². The number of amides is 1. The van der Waals surface area contributed by atoms with Crippen LogP contribution >= 0.6 is 0 Å². The van der Waals surface area contributed by atoms with Gasteiger partial charge in [0, 0.05) is 19.1 Å². The molecule has 1 saturated carbocycles. The van der Waals surface area contributed by atoms with Gasteiger partial charge in [0.1, 0.15) is 0 Å². The zero-order chi connectivity index (χ0) is 11.7. The minimum atomic E-state index is 0.0796. The van der Waals surface area contributed by atoms with Crippen molar-refractivity contribution in [3.8, 4) is 0 Å². The van der Waals surface area contributed by atoms with Crippen LogP contribution in [0.15, 0.2) is 0 Å². The van der Waals surface area contributed by atoms with Gasteiger partial charge in [-0.05, 0) is 51.1 Å². The summed E-state index contributed by atoms with van der Waals surface area (Å²) in [5.41, 5.74) is 0. The molecule has 0 aromatic rings. The number of carbonyl (C=O) groups excluding carboxylic acids is 1. The zero-order valence-electron chi connectivity index (χ0n) is 10.5. The summed E-state index contributed by atoms with van der Waals surface area (Å²) < 4.78 is 0. The smallest absolute Gasteiger partial charge is 0.237 e. The molecule has 0 spiro atoms. The first kappa shape index (κ1) is 11.5. The normalized spacial score (nSPS) is 34.1. The van der Waals surface area contributed by atoms with Crippen LogP contribution < -0.4 is 10.6 Å². The zero-order valence-corrected chi connectivity index (χ0v) is 10.5. The maximum Gasteiger partial charge on any atom is 0.237 e. The van der Waals surface area contributed by atoms with Crippen LogP contribution in [-0.4, -0.2) is 49.1 Å². The molecular weight excluding hydrogens is 214 g/mol. The van der Waals surface area contributed by atoms with E-state index in [9.17, 15) is 4.79 Å². The summed E-state index contributed by atoms with van der Waals surface area (Å²) in [6.07, 6.45) is 6.19. The maximum atomic E-state index is 11.8. The summed E-state index contributed by atoms with van der Waals surface area (Å²) in [4.78, 5) is 14.4. The number of likely N-dealkylation sites (tertiary alicyclic amines) is 1. The standard InChI is InChI=1S/C13H23N3O/c17-13(12-2-1-6-14-12)15-8-10-5-7-16(9-10)11-3-4-11/h10-12,14H,1-9H2,(H,15,17)/t10?,12-/m0/s1. The predicted octanol–water partition coefficient (Wildman–Crippen LogP) is 0.339. The second kappa shape index (κ2) is 4.94. The van der Waals surface area contributed by atoms with E-state index in [2.05, 4.69) is 15.5 Å². The number of hydrogen-bond donors (Lipinski definition) is 2. The van der Waals surface area contributed by atoms with E-state index in [0.717, 1.165) is 32.0 Å². The van der Waals surface area contributed by atoms with Crippen LogP contribution in [0.25, 0.3) is 0 Å². The van der Waals surface area contributed by atoms with Gasteiger partial charge >= 0.3 is 0 Å². The van der Waals surface area contributed by atoms with Crippen LogP contribution in [-0.2, 0) is 4.79 Å². The summed E-state index contributed by atoms with van der Waals surface area (Å²) >= 11 is 0. The number of nitrogens with one attached hydrogen (secondary N) is 2. The molecule has 3 rings (SSSR count). The lowest BCUT2D eigenvalue weighted by molar-refractivity contribution is -0.122. The fourth-order valence-electron chi connectivity index (χ4n) is 3.08. The first-order valence-electron chi connectivity index (χ1n) is 7.08. The van der Waals surface area contributed by atoms with E-state index in [1.54, 1.807) is 0 Å². The molecule has 3 fully saturated rings. The average Bonchev–Trinajstić information content (AvgIpc) is 2.88. The van der Waals surface area contributed by atoms with Gasteiger partial charge in [0.2, 0.25) is 5.91 Å². The number of rotatable bonds is 4. The monoisotopic (exact) mass is 237 g/mol. The van der Waals surface area contributed by atoms with Gasteiger partial charge in [0.15, 0.2) is 0 Å². The maximum absolute atomic E-state index is 11.8. The Hall–Kier alpha value is -0.610. The molecule has 4 heteroatoms. The molecule has 0 aromatic carbocycles. The Balaban J connectivity index is 1.37. The average molecular weight is 237 g/mol. The van der Waals surface area contributed by atoms with Crippen LogP contribution in [0.5, 0.6) is 0 Å². The van der Waals surface area contributed by atoms with Crippen molar-refractivity contribution in [2.45, 2.75) is 44.2 Å². The van der Waals surface area contributed by atoms with E-state index in [1.807, 2.05) is 0 Å². The second-order valence-corrected chi connectivity index (χ2v) is 5.77. The van der Waals surface area contributed by atoms with Gasteiger partial charge in [-0.25, -0.2) is 0 Å². The molecule has 2 heterocycles. The largest absolute Gasteiger partial charge is 0.354 e. The molecule has 0 bridgehead atoms. The van der Waals surface area contributed by atoms with Crippen molar-refractivity contribution in [1.82, 2.24) is 15.5 Å². The fourth-order valence-corrected chi connectivity index (χ4v) is 3.08. The second-order valence-electron chi connectivity index (χ2n) is 5.77. The fraction of sp³-hybridized carbons (Fsp3) is 0.923. The summed E-state index contributed by atoms with van der Waals surface area (Å²) in [6.45, 7) is 4.31. The molecule has 1 amide bonds. The molecule has 1 aliphatic carbocycles. The van der Waals surface area contributed by atoms with Gasteiger partial charge in [0.05, 0.1) is 6.04 Å². The Labute approximate surface area is 103 Å². The van der Waals surface area contributed by atoms with Gasteiger partial charge in [0.25, 0.3) is 0 Å². The molecule has 2 atom stereocenters. The lowest BCUT2D eigenvalue weighted by atomic mass is 10.1. The van der Waals surface area contributed by atoms with Crippen molar-refractivity contribution in [2.24, 2.45) is 5.92 Å². The Morgan fingerprint density at radius 2 is 2.18 bits per heavy atom. The third-order valence-corrected chi connectivity index (χ3v) is 4.32. The lowest BCUT2D eigenvalue weighted by Gasteiger charge is -2.16. The SMILES string of the molecule is O=C(NCC1CCN(C2CC2)C1)[C@@H]1CCCN1. The van der Waals surface area contributed by atoms with Crippen LogP contribution in [0.1, 0.15) is 32.1 Å². The Bertz CT molecular complexity index is 284. The van der Waals surface area contributed by atoms with Crippen LogP contribution in [0.3, 0.4) is 0 Å². The number of nitrogens with zero attached hydrogens (tertiary/aromatic N) is 1. The predicted molar refractivity (Wildman–Crippen MR) is 66.7 cm³/mol. The van der Waals surface area contributed by atoms with E-state index in [0.29, 0.717) is 5.92 Å². The Kier molecular flexibility index (Phi) is 3.34. The lowest BCUT2D eigenvalue weighted by Crippen LogP contribution is -2.42. The van der Waals surface area contributed by atoms with Gasteiger partial charge in [-0.2, -0.15) is 0 Å². The highest BCUT2D eigenvalue weighted by molar-refractivity contribution is 5.81. The van der Waals surface area contributed by atoms with E-state index in [4.69, 9.17) is 0 Å². The van der Waals surface area contributed by atoms with E-state index in [1.165, 1.54) is 32.4 Å². The van der Waals surface area contributed by atoms with Crippen molar-refractivity contribution >= 4 is 5.91 Å². The summed E-state index contributed by atoms with van der Waals surface area (Å²) in [5, 5.41) is 6.36. The van der Waals surface area contributed by atoms with Crippen molar-refractivity contribution in [3.05, 3.63) is 0 Å². The highest BCUT2D eigenvalue weighted by Crippen LogP contribution is 2.31. The molecule has 0 radical (unpaired) electrons. The van der Waals surface area contributed by atoms with E-state index < -0.39 is 0 Å². The number of hydrogen-bond acceptors (Lipinski definition) is 3. The minimum absolute atomic E-state index is 0.0796. The highest BCUT2D eigenvalue weighted by Gasteiger charge is 2.34. The first-order valence-corrected chi connectivity index (χ1v) is 7.08. The number of carbonyl (C=O) groups is 1. The Morgan fingerprint density at radius 1 is 1.29 bits per heavy atom. The van der Waals surface area contributed by atoms with Gasteiger partial charge < -0.3 is 15.5 Å². The quantitative estimate of drug-likeness (QED) is 0.741. The molecule has 2 aliphatic heterocycles. The molecule has 1 unspecified atom stereocenters. The molecule has 96 valence electrons. The molecule has 2 N–H and O–H groups in total. The third kappa shape index (κ3) is 2.80. The van der Waals surface area contributed by atoms with Crippen molar-refractivity contribution < 1.29 is 4.79 Å². The molecule has 17 heavy (non-hydrogen) atoms. The van der Waals surface area contributed by atoms with E-state index in [-0.39, 0.29) is 11.9 Å². The van der Waals surface area contributed by atoms with Crippen molar-refractivity contribution in [2.75, 3.05) is 26.2 Å². The van der Waals surface area contributed by atoms with Crippen molar-refractivity contribution in [1.29, 1.82) is 0 Å². The van der Waals surface area contributed by atoms with Gasteiger partial charge in [-0.15, -0.1) is 0 Å². The Morgan fingerprint density at radius 3 is 2.88 bits per heavy atom. The third-order valence-electron chi connectivity index (χ3n) is 4.32. The molecular formula is C13H23N3O. The topological polar surface area (TPSA) is 44.4 Å². The first-order chi connectivity index (χ1) is 8.33. The summed E-state index contributed by atoms with van der Waals surface area (Å²) in [7, 11) is 0. The molecule has 2 saturated heterocycles.